The van der Waals surface area contributed by atoms with E-state index in [0.717, 1.165) is 10.2 Å². The minimum atomic E-state index is 0.399. The molecule has 0 aromatic carbocycles. The van der Waals surface area contributed by atoms with Crippen LogP contribution in [0.1, 0.15) is 0 Å². The predicted molar refractivity (Wildman–Crippen MR) is 39.1 cm³/mol. The summed E-state index contributed by atoms with van der Waals surface area (Å²) in [6.07, 6.45) is 1.56. The number of rotatable bonds is 0. The second kappa shape index (κ2) is 2.14. The molecule has 0 amide bonds. The molecular formula is C5HClN3S. The summed E-state index contributed by atoms with van der Waals surface area (Å²) in [6, 6.07) is 0. The maximum atomic E-state index is 5.68. The Hall–Kier alpha value is -0.740. The first-order valence-electron chi connectivity index (χ1n) is 2.51. The molecular weight excluding hydrogens is 170 g/mol. The van der Waals surface area contributed by atoms with Gasteiger partial charge in [-0.3, -0.25) is 0 Å². The average molecular weight is 171 g/mol. The molecule has 2 rings (SSSR count). The summed E-state index contributed by atoms with van der Waals surface area (Å²) in [7, 11) is 0. The van der Waals surface area contributed by atoms with Crippen LogP contribution in [0, 0.1) is 5.51 Å². The first-order valence-corrected chi connectivity index (χ1v) is 3.71. The van der Waals surface area contributed by atoms with E-state index in [4.69, 9.17) is 11.6 Å². The van der Waals surface area contributed by atoms with E-state index in [9.17, 15) is 0 Å². The van der Waals surface area contributed by atoms with Crippen LogP contribution in [-0.2, 0) is 0 Å². The van der Waals surface area contributed by atoms with Crippen LogP contribution >= 0.6 is 22.9 Å². The number of nitrogens with zero attached hydrogens (tertiary/aromatic N) is 3. The number of thiazole rings is 1. The average Bonchev–Trinajstić information content (AvgIpc) is 2.36. The van der Waals surface area contributed by atoms with Crippen molar-refractivity contribution in [2.24, 2.45) is 0 Å². The molecule has 0 N–H and O–H groups in total. The summed E-state index contributed by atoms with van der Waals surface area (Å²) in [6.45, 7) is 0. The molecule has 0 bridgehead atoms. The molecule has 0 aliphatic carbocycles. The quantitative estimate of drug-likeness (QED) is 0.602. The van der Waals surface area contributed by atoms with Gasteiger partial charge in [0.2, 0.25) is 0 Å². The van der Waals surface area contributed by atoms with E-state index in [-0.39, 0.29) is 0 Å². The molecule has 5 heteroatoms. The van der Waals surface area contributed by atoms with Gasteiger partial charge < -0.3 is 0 Å². The molecule has 2 heterocycles. The van der Waals surface area contributed by atoms with Gasteiger partial charge in [0.05, 0.1) is 10.9 Å². The molecule has 49 valence electrons. The summed E-state index contributed by atoms with van der Waals surface area (Å²) < 4.78 is 0.844. The normalized spacial score (nSPS) is 10.5. The van der Waals surface area contributed by atoms with Gasteiger partial charge in [0, 0.05) is 0 Å². The maximum absolute atomic E-state index is 5.68. The lowest BCUT2D eigenvalue weighted by Crippen LogP contribution is -1.79. The molecule has 1 radical (unpaired) electrons. The SMILES string of the molecule is Clc1nncc2n[c]sc12. The number of fused-ring (bicyclic) bond motifs is 1. The van der Waals surface area contributed by atoms with Crippen molar-refractivity contribution >= 4 is 33.2 Å². The highest BCUT2D eigenvalue weighted by atomic mass is 35.5. The van der Waals surface area contributed by atoms with Gasteiger partial charge in [0.15, 0.2) is 10.7 Å². The van der Waals surface area contributed by atoms with E-state index in [1.54, 1.807) is 6.20 Å². The zero-order valence-corrected chi connectivity index (χ0v) is 6.28. The van der Waals surface area contributed by atoms with E-state index in [0.29, 0.717) is 5.15 Å². The first kappa shape index (κ1) is 6.00. The van der Waals surface area contributed by atoms with Gasteiger partial charge in [-0.1, -0.05) is 11.6 Å². The highest BCUT2D eigenvalue weighted by Gasteiger charge is 2.01. The van der Waals surface area contributed by atoms with Crippen molar-refractivity contribution in [2.75, 3.05) is 0 Å². The Labute approximate surface area is 65.7 Å². The van der Waals surface area contributed by atoms with Gasteiger partial charge in [0.1, 0.15) is 5.52 Å². The lowest BCUT2D eigenvalue weighted by molar-refractivity contribution is 1.05. The highest BCUT2D eigenvalue weighted by Crippen LogP contribution is 2.21. The Kier molecular flexibility index (Phi) is 1.28. The fourth-order valence-electron chi connectivity index (χ4n) is 0.636. The summed E-state index contributed by atoms with van der Waals surface area (Å²) >= 11 is 7.02. The molecule has 0 fully saturated rings. The van der Waals surface area contributed by atoms with Crippen LogP contribution in [0.2, 0.25) is 5.15 Å². The van der Waals surface area contributed by atoms with Crippen molar-refractivity contribution in [3.05, 3.63) is 16.9 Å². The minimum Gasteiger partial charge on any atom is -0.232 e. The molecule has 0 saturated carbocycles. The van der Waals surface area contributed by atoms with E-state index in [2.05, 4.69) is 20.7 Å². The van der Waals surface area contributed by atoms with E-state index >= 15 is 0 Å². The second-order valence-corrected chi connectivity index (χ2v) is 2.81. The summed E-state index contributed by atoms with van der Waals surface area (Å²) in [5, 5.41) is 7.67. The zero-order chi connectivity index (χ0) is 6.97. The van der Waals surface area contributed by atoms with E-state index in [1.165, 1.54) is 11.3 Å². The van der Waals surface area contributed by atoms with Crippen LogP contribution in [0.3, 0.4) is 0 Å². The summed E-state index contributed by atoms with van der Waals surface area (Å²) in [5.74, 6) is 0. The Bertz CT molecular complexity index is 358. The van der Waals surface area contributed by atoms with Crippen LogP contribution in [0.25, 0.3) is 10.2 Å². The van der Waals surface area contributed by atoms with Crippen LogP contribution in [0.4, 0.5) is 0 Å². The largest absolute Gasteiger partial charge is 0.232 e. The lowest BCUT2D eigenvalue weighted by atomic mass is 10.5. The monoisotopic (exact) mass is 170 g/mol. The van der Waals surface area contributed by atoms with Crippen LogP contribution in [0.5, 0.6) is 0 Å². The highest BCUT2D eigenvalue weighted by molar-refractivity contribution is 7.16. The van der Waals surface area contributed by atoms with E-state index < -0.39 is 0 Å². The molecule has 0 saturated heterocycles. The molecule has 2 aromatic heterocycles. The lowest BCUT2D eigenvalue weighted by Gasteiger charge is -1.85. The van der Waals surface area contributed by atoms with Crippen LogP contribution < -0.4 is 0 Å². The van der Waals surface area contributed by atoms with Crippen molar-refractivity contribution in [1.82, 2.24) is 15.2 Å². The number of hydrogen-bond donors (Lipinski definition) is 0. The Morgan fingerprint density at radius 1 is 1.60 bits per heavy atom. The molecule has 2 aromatic rings. The summed E-state index contributed by atoms with van der Waals surface area (Å²) in [5.41, 5.74) is 3.46. The zero-order valence-electron chi connectivity index (χ0n) is 4.71. The van der Waals surface area contributed by atoms with Crippen LogP contribution in [-0.4, -0.2) is 15.2 Å². The predicted octanol–water partition coefficient (Wildman–Crippen LogP) is 1.54. The third-order valence-corrected chi connectivity index (χ3v) is 2.23. The third-order valence-electron chi connectivity index (χ3n) is 1.06. The fourth-order valence-corrected chi connectivity index (χ4v) is 1.46. The van der Waals surface area contributed by atoms with Gasteiger partial charge in [-0.05, 0) is 0 Å². The maximum Gasteiger partial charge on any atom is 0.171 e. The van der Waals surface area contributed by atoms with Crippen molar-refractivity contribution in [1.29, 1.82) is 0 Å². The number of aromatic nitrogens is 3. The standard InChI is InChI=1S/C5HClN3S/c6-5-4-3(1-8-9-5)7-2-10-4/h1H. The first-order chi connectivity index (χ1) is 4.88. The van der Waals surface area contributed by atoms with Gasteiger partial charge in [-0.25, -0.2) is 4.98 Å². The minimum absolute atomic E-state index is 0.399. The molecule has 10 heavy (non-hydrogen) atoms. The molecule has 0 spiro atoms. The Balaban J connectivity index is 2.95. The van der Waals surface area contributed by atoms with Crippen molar-refractivity contribution in [2.45, 2.75) is 0 Å². The van der Waals surface area contributed by atoms with E-state index in [1.807, 2.05) is 0 Å². The van der Waals surface area contributed by atoms with Gasteiger partial charge in [-0.15, -0.1) is 16.4 Å². The van der Waals surface area contributed by atoms with Crippen LogP contribution in [0.15, 0.2) is 6.20 Å². The number of halogens is 1. The van der Waals surface area contributed by atoms with Gasteiger partial charge in [-0.2, -0.15) is 5.10 Å². The van der Waals surface area contributed by atoms with Gasteiger partial charge >= 0.3 is 0 Å². The molecule has 0 atom stereocenters. The van der Waals surface area contributed by atoms with Crippen molar-refractivity contribution in [3.8, 4) is 0 Å². The summed E-state index contributed by atoms with van der Waals surface area (Å²) in [4.78, 5) is 3.89. The Morgan fingerprint density at radius 2 is 2.50 bits per heavy atom. The molecule has 0 unspecified atom stereocenters. The second-order valence-electron chi connectivity index (χ2n) is 1.65. The molecule has 3 nitrogen and oxygen atoms in total. The molecule has 0 aliphatic rings. The Morgan fingerprint density at radius 3 is 3.30 bits per heavy atom. The smallest absolute Gasteiger partial charge is 0.171 e. The van der Waals surface area contributed by atoms with Gasteiger partial charge in [0.25, 0.3) is 0 Å². The number of hydrogen-bond acceptors (Lipinski definition) is 4. The van der Waals surface area contributed by atoms with Crippen molar-refractivity contribution < 1.29 is 0 Å². The van der Waals surface area contributed by atoms with Crippen molar-refractivity contribution in [3.63, 3.8) is 0 Å². The fraction of sp³-hybridized carbons (Fsp3) is 0. The molecule has 0 aliphatic heterocycles. The third kappa shape index (κ3) is 0.767. The topological polar surface area (TPSA) is 38.7 Å².